The normalized spacial score (nSPS) is 17.3. The molecule has 0 bridgehead atoms. The molecule has 1 aromatic heterocycles. The molecule has 1 aliphatic heterocycles. The molecule has 1 saturated heterocycles. The van der Waals surface area contributed by atoms with Gasteiger partial charge in [0.25, 0.3) is 0 Å². The predicted molar refractivity (Wildman–Crippen MR) is 70.1 cm³/mol. The summed E-state index contributed by atoms with van der Waals surface area (Å²) in [7, 11) is 2.17. The number of likely N-dealkylation sites (tertiary alicyclic amines) is 1. The molecule has 1 fully saturated rings. The zero-order valence-corrected chi connectivity index (χ0v) is 10.8. The van der Waals surface area contributed by atoms with E-state index in [-0.39, 0.29) is 0 Å². The van der Waals surface area contributed by atoms with Gasteiger partial charge in [-0.3, -0.25) is 0 Å². The maximum absolute atomic E-state index is 8.90. The molecule has 0 aromatic carbocycles. The van der Waals surface area contributed by atoms with Crippen LogP contribution >= 0.6 is 0 Å². The summed E-state index contributed by atoms with van der Waals surface area (Å²) in [6, 6.07) is 2.05. The van der Waals surface area contributed by atoms with Crippen molar-refractivity contribution in [2.45, 2.75) is 19.3 Å². The second kappa shape index (κ2) is 6.31. The molecule has 0 spiro atoms. The number of nitriles is 1. The van der Waals surface area contributed by atoms with E-state index in [9.17, 15) is 0 Å². The van der Waals surface area contributed by atoms with E-state index in [2.05, 4.69) is 27.2 Å². The highest BCUT2D eigenvalue weighted by atomic mass is 15.1. The highest BCUT2D eigenvalue weighted by Crippen LogP contribution is 2.19. The summed E-state index contributed by atoms with van der Waals surface area (Å²) in [6.45, 7) is 3.25. The zero-order valence-electron chi connectivity index (χ0n) is 10.8. The molecule has 2 rings (SSSR count). The smallest absolute Gasteiger partial charge is 0.182 e. The van der Waals surface area contributed by atoms with Gasteiger partial charge in [-0.1, -0.05) is 0 Å². The van der Waals surface area contributed by atoms with Crippen molar-refractivity contribution in [3.8, 4) is 6.07 Å². The molecule has 18 heavy (non-hydrogen) atoms. The van der Waals surface area contributed by atoms with Gasteiger partial charge >= 0.3 is 0 Å². The maximum Gasteiger partial charge on any atom is 0.182 e. The first-order valence-corrected chi connectivity index (χ1v) is 6.43. The summed E-state index contributed by atoms with van der Waals surface area (Å²) in [5.41, 5.74) is 0.376. The molecule has 2 heterocycles. The lowest BCUT2D eigenvalue weighted by molar-refractivity contribution is 0.215. The molecule has 1 aromatic rings. The van der Waals surface area contributed by atoms with Crippen LogP contribution in [0.5, 0.6) is 0 Å². The van der Waals surface area contributed by atoms with Crippen LogP contribution in [-0.4, -0.2) is 41.5 Å². The van der Waals surface area contributed by atoms with Crippen molar-refractivity contribution < 1.29 is 0 Å². The molecule has 0 amide bonds. The van der Waals surface area contributed by atoms with E-state index in [0.29, 0.717) is 11.5 Å². The summed E-state index contributed by atoms with van der Waals surface area (Å²) in [5.74, 6) is 1.39. The van der Waals surface area contributed by atoms with E-state index in [1.807, 2.05) is 6.07 Å². The average Bonchev–Trinajstić information content (AvgIpc) is 2.41. The minimum absolute atomic E-state index is 0.376. The van der Waals surface area contributed by atoms with Crippen LogP contribution in [0.3, 0.4) is 0 Å². The Kier molecular flexibility index (Phi) is 4.48. The Bertz CT molecular complexity index is 418. The Morgan fingerprint density at radius 3 is 2.83 bits per heavy atom. The van der Waals surface area contributed by atoms with Gasteiger partial charge in [0.2, 0.25) is 0 Å². The summed E-state index contributed by atoms with van der Waals surface area (Å²) < 4.78 is 0. The molecule has 5 nitrogen and oxygen atoms in total. The number of anilines is 1. The highest BCUT2D eigenvalue weighted by molar-refractivity contribution is 5.46. The lowest BCUT2D eigenvalue weighted by atomic mass is 9.94. The Balaban J connectivity index is 1.77. The first kappa shape index (κ1) is 12.8. The molecular weight excluding hydrogens is 226 g/mol. The van der Waals surface area contributed by atoms with Crippen LogP contribution < -0.4 is 5.32 Å². The Labute approximate surface area is 108 Å². The second-order valence-corrected chi connectivity index (χ2v) is 4.83. The number of hydrogen-bond donors (Lipinski definition) is 1. The number of nitrogens with one attached hydrogen (secondary N) is 1. The first-order chi connectivity index (χ1) is 8.79. The molecular formula is C13H19N5. The standard InChI is InChI=1S/C13H19N5/c1-18-8-3-11(4-9-18)2-5-16-13-12(10-14)15-6-7-17-13/h6-7,11H,2-5,8-9H2,1H3,(H,16,17). The zero-order chi connectivity index (χ0) is 12.8. The van der Waals surface area contributed by atoms with Crippen molar-refractivity contribution in [1.82, 2.24) is 14.9 Å². The van der Waals surface area contributed by atoms with Crippen LogP contribution in [0.25, 0.3) is 0 Å². The Morgan fingerprint density at radius 2 is 2.11 bits per heavy atom. The van der Waals surface area contributed by atoms with Crippen molar-refractivity contribution >= 4 is 5.82 Å². The van der Waals surface area contributed by atoms with Crippen molar-refractivity contribution in [3.63, 3.8) is 0 Å². The van der Waals surface area contributed by atoms with Crippen LogP contribution in [0.15, 0.2) is 12.4 Å². The van der Waals surface area contributed by atoms with E-state index in [1.165, 1.54) is 25.9 Å². The molecule has 5 heteroatoms. The summed E-state index contributed by atoms with van der Waals surface area (Å²) in [6.07, 6.45) is 6.82. The maximum atomic E-state index is 8.90. The van der Waals surface area contributed by atoms with E-state index in [4.69, 9.17) is 5.26 Å². The summed E-state index contributed by atoms with van der Waals surface area (Å²) in [5, 5.41) is 12.1. The number of hydrogen-bond acceptors (Lipinski definition) is 5. The third-order valence-electron chi connectivity index (χ3n) is 3.49. The van der Waals surface area contributed by atoms with Crippen molar-refractivity contribution in [2.24, 2.45) is 5.92 Å². The van der Waals surface area contributed by atoms with Gasteiger partial charge in [-0.15, -0.1) is 0 Å². The fraction of sp³-hybridized carbons (Fsp3) is 0.615. The van der Waals surface area contributed by atoms with Gasteiger partial charge in [-0.2, -0.15) is 5.26 Å². The number of rotatable bonds is 4. The quantitative estimate of drug-likeness (QED) is 0.870. The van der Waals surface area contributed by atoms with E-state index in [0.717, 1.165) is 18.9 Å². The van der Waals surface area contributed by atoms with E-state index in [1.54, 1.807) is 12.4 Å². The fourth-order valence-corrected chi connectivity index (χ4v) is 2.29. The SMILES string of the molecule is CN1CCC(CCNc2nccnc2C#N)CC1. The van der Waals surface area contributed by atoms with Gasteiger partial charge in [-0.25, -0.2) is 9.97 Å². The highest BCUT2D eigenvalue weighted by Gasteiger charge is 2.16. The molecule has 0 saturated carbocycles. The van der Waals surface area contributed by atoms with Crippen molar-refractivity contribution in [3.05, 3.63) is 18.1 Å². The molecule has 1 N–H and O–H groups in total. The fourth-order valence-electron chi connectivity index (χ4n) is 2.29. The van der Waals surface area contributed by atoms with Crippen molar-refractivity contribution in [1.29, 1.82) is 5.26 Å². The van der Waals surface area contributed by atoms with Gasteiger partial charge in [-0.05, 0) is 45.3 Å². The van der Waals surface area contributed by atoms with Crippen LogP contribution in [0, 0.1) is 17.2 Å². The van der Waals surface area contributed by atoms with E-state index < -0.39 is 0 Å². The van der Waals surface area contributed by atoms with E-state index >= 15 is 0 Å². The van der Waals surface area contributed by atoms with Crippen molar-refractivity contribution in [2.75, 3.05) is 32.0 Å². The van der Waals surface area contributed by atoms with Crippen LogP contribution in [-0.2, 0) is 0 Å². The lowest BCUT2D eigenvalue weighted by Gasteiger charge is -2.28. The van der Waals surface area contributed by atoms with Crippen LogP contribution in [0.2, 0.25) is 0 Å². The minimum atomic E-state index is 0.376. The third-order valence-corrected chi connectivity index (χ3v) is 3.49. The second-order valence-electron chi connectivity index (χ2n) is 4.83. The first-order valence-electron chi connectivity index (χ1n) is 6.43. The molecule has 0 radical (unpaired) electrons. The number of aromatic nitrogens is 2. The summed E-state index contributed by atoms with van der Waals surface area (Å²) >= 11 is 0. The van der Waals surface area contributed by atoms with Crippen LogP contribution in [0.4, 0.5) is 5.82 Å². The molecule has 96 valence electrons. The monoisotopic (exact) mass is 245 g/mol. The summed E-state index contributed by atoms with van der Waals surface area (Å²) in [4.78, 5) is 10.5. The molecule has 0 aliphatic carbocycles. The van der Waals surface area contributed by atoms with Gasteiger partial charge in [0.05, 0.1) is 0 Å². The molecule has 0 unspecified atom stereocenters. The Hall–Kier alpha value is -1.67. The number of piperidine rings is 1. The third kappa shape index (κ3) is 3.41. The van der Waals surface area contributed by atoms with Gasteiger partial charge in [0.15, 0.2) is 11.5 Å². The molecule has 0 atom stereocenters. The number of nitrogens with zero attached hydrogens (tertiary/aromatic N) is 4. The topological polar surface area (TPSA) is 64.8 Å². The average molecular weight is 245 g/mol. The Morgan fingerprint density at radius 1 is 1.39 bits per heavy atom. The minimum Gasteiger partial charge on any atom is -0.368 e. The molecule has 1 aliphatic rings. The largest absolute Gasteiger partial charge is 0.368 e. The van der Waals surface area contributed by atoms with Gasteiger partial charge in [0, 0.05) is 18.9 Å². The van der Waals surface area contributed by atoms with Gasteiger partial charge in [0.1, 0.15) is 6.07 Å². The predicted octanol–water partition coefficient (Wildman–Crippen LogP) is 1.49. The van der Waals surface area contributed by atoms with Crippen LogP contribution in [0.1, 0.15) is 25.0 Å². The lowest BCUT2D eigenvalue weighted by Crippen LogP contribution is -2.30. The van der Waals surface area contributed by atoms with Gasteiger partial charge < -0.3 is 10.2 Å².